The number of hydrogen-bond acceptors (Lipinski definition) is 7. The Morgan fingerprint density at radius 3 is 2.59 bits per heavy atom. The molecule has 2 unspecified atom stereocenters. The zero-order chi connectivity index (χ0) is 24.4. The highest BCUT2D eigenvalue weighted by molar-refractivity contribution is 5.96. The number of nitrogens with one attached hydrogen (secondary N) is 3. The average molecular weight is 477 g/mol. The predicted octanol–water partition coefficient (Wildman–Crippen LogP) is 2.26. The summed E-state index contributed by atoms with van der Waals surface area (Å²) in [6.07, 6.45) is 7.95. The van der Waals surface area contributed by atoms with Gasteiger partial charge in [-0.05, 0) is 38.5 Å². The molecule has 0 aromatic rings. The van der Waals surface area contributed by atoms with Gasteiger partial charge in [-0.3, -0.25) is 15.4 Å². The fourth-order valence-electron chi connectivity index (χ4n) is 5.03. The van der Waals surface area contributed by atoms with Crippen LogP contribution in [-0.2, 0) is 14.3 Å². The summed E-state index contributed by atoms with van der Waals surface area (Å²) in [5.74, 6) is 0.432. The second-order valence-corrected chi connectivity index (χ2v) is 9.45. The van der Waals surface area contributed by atoms with Crippen molar-refractivity contribution in [3.63, 3.8) is 0 Å². The lowest BCUT2D eigenvalue weighted by Crippen LogP contribution is -2.58. The quantitative estimate of drug-likeness (QED) is 0.380. The fraction of sp³-hybridized carbons (Fsp3) is 0.833. The van der Waals surface area contributed by atoms with E-state index in [1.54, 1.807) is 6.92 Å². The number of amides is 2. The number of rotatable bonds is 7. The first-order valence-electron chi connectivity index (χ1n) is 12.8. The smallest absolute Gasteiger partial charge is 0.413 e. The summed E-state index contributed by atoms with van der Waals surface area (Å²) >= 11 is 0. The Morgan fingerprint density at radius 1 is 1.24 bits per heavy atom. The Bertz CT molecular complexity index is 757. The van der Waals surface area contributed by atoms with Crippen LogP contribution in [0.25, 0.3) is 0 Å². The van der Waals surface area contributed by atoms with Gasteiger partial charge in [0.2, 0.25) is 11.9 Å². The van der Waals surface area contributed by atoms with Crippen LogP contribution < -0.4 is 16.0 Å². The Balaban J connectivity index is 1.83. The number of carbonyl (C=O) groups is 2. The molecule has 190 valence electrons. The van der Waals surface area contributed by atoms with Crippen LogP contribution in [0, 0.1) is 17.2 Å². The van der Waals surface area contributed by atoms with Gasteiger partial charge < -0.3 is 19.7 Å². The number of ether oxygens (including phenoxy) is 2. The Kier molecular flexibility index (Phi) is 9.96. The summed E-state index contributed by atoms with van der Waals surface area (Å²) in [7, 11) is 0. The number of aliphatic imine (C=N–C) groups is 1. The van der Waals surface area contributed by atoms with E-state index in [1.165, 1.54) is 6.42 Å². The fourth-order valence-corrected chi connectivity index (χ4v) is 5.03. The molecule has 2 heterocycles. The molecule has 2 aliphatic heterocycles. The molecular weight excluding hydrogens is 436 g/mol. The second-order valence-electron chi connectivity index (χ2n) is 9.45. The minimum Gasteiger partial charge on any atom is -0.450 e. The predicted molar refractivity (Wildman–Crippen MR) is 128 cm³/mol. The van der Waals surface area contributed by atoms with E-state index in [0.29, 0.717) is 51.0 Å². The third-order valence-electron chi connectivity index (χ3n) is 7.00. The van der Waals surface area contributed by atoms with Crippen molar-refractivity contribution in [1.82, 2.24) is 20.9 Å². The molecule has 1 saturated carbocycles. The summed E-state index contributed by atoms with van der Waals surface area (Å²) in [4.78, 5) is 32.5. The van der Waals surface area contributed by atoms with Crippen LogP contribution in [0.3, 0.4) is 0 Å². The van der Waals surface area contributed by atoms with Crippen LogP contribution in [0.2, 0.25) is 0 Å². The number of nitrogens with zero attached hydrogens (tertiary/aromatic N) is 3. The molecule has 1 aliphatic carbocycles. The highest BCUT2D eigenvalue weighted by Crippen LogP contribution is 2.29. The van der Waals surface area contributed by atoms with E-state index in [2.05, 4.69) is 28.9 Å². The van der Waals surface area contributed by atoms with Gasteiger partial charge in [0.1, 0.15) is 12.1 Å². The molecule has 3 rings (SSSR count). The van der Waals surface area contributed by atoms with Gasteiger partial charge in [0.25, 0.3) is 0 Å². The summed E-state index contributed by atoms with van der Waals surface area (Å²) in [5, 5.41) is 18.9. The maximum Gasteiger partial charge on any atom is 0.413 e. The molecule has 2 saturated heterocycles. The highest BCUT2D eigenvalue weighted by atomic mass is 16.5. The van der Waals surface area contributed by atoms with Gasteiger partial charge in [-0.2, -0.15) is 5.26 Å². The molecule has 2 amide bonds. The van der Waals surface area contributed by atoms with Crippen LogP contribution in [0.5, 0.6) is 0 Å². The van der Waals surface area contributed by atoms with Gasteiger partial charge >= 0.3 is 6.09 Å². The van der Waals surface area contributed by atoms with E-state index in [1.807, 2.05) is 4.90 Å². The molecule has 0 bridgehead atoms. The maximum atomic E-state index is 13.6. The summed E-state index contributed by atoms with van der Waals surface area (Å²) in [6.45, 7) is 6.20. The minimum absolute atomic E-state index is 0.203. The van der Waals surface area contributed by atoms with Crippen molar-refractivity contribution in [3.8, 4) is 6.07 Å². The van der Waals surface area contributed by atoms with Crippen LogP contribution in [0.15, 0.2) is 4.99 Å². The Morgan fingerprint density at radius 2 is 1.97 bits per heavy atom. The third kappa shape index (κ3) is 7.31. The lowest BCUT2D eigenvalue weighted by atomic mass is 9.84. The largest absolute Gasteiger partial charge is 0.450 e. The van der Waals surface area contributed by atoms with Crippen molar-refractivity contribution in [3.05, 3.63) is 0 Å². The standard InChI is InChI=1S/C24H40N6O4/c1-3-19-10-11-24(17-25,28-19)29-21(31)20(16-18-8-6-5-7-9-18)26-22(27-23(32)34-4-2)30-12-14-33-15-13-30/h18-20,28H,3-16H2,1-2H3,(H,29,31)(H,26,27,32)/t19?,20-,24?/m0/s1. The van der Waals surface area contributed by atoms with Crippen molar-refractivity contribution >= 4 is 18.0 Å². The molecular formula is C24H40N6O4. The lowest BCUT2D eigenvalue weighted by molar-refractivity contribution is -0.124. The van der Waals surface area contributed by atoms with Crippen molar-refractivity contribution in [2.75, 3.05) is 32.9 Å². The zero-order valence-corrected chi connectivity index (χ0v) is 20.6. The lowest BCUT2D eigenvalue weighted by Gasteiger charge is -2.32. The molecule has 3 atom stereocenters. The topological polar surface area (TPSA) is 128 Å². The second kappa shape index (κ2) is 12.9. The van der Waals surface area contributed by atoms with Crippen LogP contribution in [0.1, 0.15) is 71.6 Å². The molecule has 10 nitrogen and oxygen atoms in total. The molecule has 3 aliphatic rings. The SMILES string of the molecule is CCOC(=O)NC(=N[C@@H](CC1CCCCC1)C(=O)NC1(C#N)CCC(CC)N1)N1CCOCC1. The van der Waals surface area contributed by atoms with Crippen molar-refractivity contribution in [2.45, 2.75) is 89.4 Å². The molecule has 0 spiro atoms. The molecule has 0 aromatic heterocycles. The van der Waals surface area contributed by atoms with E-state index in [9.17, 15) is 14.9 Å². The Labute approximate surface area is 202 Å². The summed E-state index contributed by atoms with van der Waals surface area (Å²) < 4.78 is 10.5. The van der Waals surface area contributed by atoms with Gasteiger partial charge in [0, 0.05) is 19.1 Å². The van der Waals surface area contributed by atoms with E-state index in [-0.39, 0.29) is 18.6 Å². The number of morpholine rings is 1. The van der Waals surface area contributed by atoms with E-state index in [0.717, 1.165) is 38.5 Å². The van der Waals surface area contributed by atoms with E-state index >= 15 is 0 Å². The first-order chi connectivity index (χ1) is 16.5. The van der Waals surface area contributed by atoms with E-state index in [4.69, 9.17) is 14.5 Å². The normalized spacial score (nSPS) is 27.0. The number of hydrogen-bond donors (Lipinski definition) is 3. The molecule has 3 fully saturated rings. The molecule has 0 aromatic carbocycles. The first kappa shape index (κ1) is 26.2. The van der Waals surface area contributed by atoms with Gasteiger partial charge in [-0.25, -0.2) is 9.79 Å². The van der Waals surface area contributed by atoms with Crippen molar-refractivity contribution < 1.29 is 19.1 Å². The number of nitriles is 1. The van der Waals surface area contributed by atoms with Gasteiger partial charge in [0.15, 0.2) is 5.66 Å². The maximum absolute atomic E-state index is 13.6. The van der Waals surface area contributed by atoms with E-state index < -0.39 is 17.8 Å². The van der Waals surface area contributed by atoms with Crippen LogP contribution in [0.4, 0.5) is 4.79 Å². The molecule has 0 radical (unpaired) electrons. The first-order valence-corrected chi connectivity index (χ1v) is 12.8. The highest BCUT2D eigenvalue weighted by Gasteiger charge is 2.41. The van der Waals surface area contributed by atoms with Crippen LogP contribution in [-0.4, -0.2) is 73.5 Å². The van der Waals surface area contributed by atoms with Gasteiger partial charge in [-0.1, -0.05) is 39.0 Å². The number of carbonyl (C=O) groups excluding carboxylic acids is 2. The minimum atomic E-state index is -1.08. The van der Waals surface area contributed by atoms with Crippen LogP contribution >= 0.6 is 0 Å². The number of alkyl carbamates (subject to hydrolysis) is 1. The summed E-state index contributed by atoms with van der Waals surface area (Å²) in [6, 6.07) is 1.78. The van der Waals surface area contributed by atoms with Gasteiger partial charge in [0.05, 0.1) is 19.8 Å². The molecule has 3 N–H and O–H groups in total. The zero-order valence-electron chi connectivity index (χ0n) is 20.6. The third-order valence-corrected chi connectivity index (χ3v) is 7.00. The summed E-state index contributed by atoms with van der Waals surface area (Å²) in [5.41, 5.74) is -1.08. The molecule has 34 heavy (non-hydrogen) atoms. The van der Waals surface area contributed by atoms with Gasteiger partial charge in [-0.15, -0.1) is 0 Å². The van der Waals surface area contributed by atoms with Crippen molar-refractivity contribution in [2.24, 2.45) is 10.9 Å². The molecule has 10 heteroatoms. The number of guanidine groups is 1. The Hall–Kier alpha value is -2.38. The average Bonchev–Trinajstić information content (AvgIpc) is 3.28. The monoisotopic (exact) mass is 476 g/mol. The van der Waals surface area contributed by atoms with Crippen molar-refractivity contribution in [1.29, 1.82) is 5.26 Å².